The molecule has 0 N–H and O–H groups in total. The van der Waals surface area contributed by atoms with Crippen LogP contribution in [0.2, 0.25) is 0 Å². The summed E-state index contributed by atoms with van der Waals surface area (Å²) in [7, 11) is 0. The first kappa shape index (κ1) is 18.5. The monoisotopic (exact) mass is 443 g/mol. The lowest BCUT2D eigenvalue weighted by atomic mass is 9.91. The summed E-state index contributed by atoms with van der Waals surface area (Å²) in [6.45, 7) is 0. The minimum Gasteiger partial charge on any atom is -0.618 e. The fraction of sp³-hybridized carbons (Fsp3) is 0.0455. The van der Waals surface area contributed by atoms with E-state index in [1.165, 1.54) is 12.3 Å². The van der Waals surface area contributed by atoms with Crippen LogP contribution in [0.3, 0.4) is 0 Å². The van der Waals surface area contributed by atoms with Crippen LogP contribution in [0, 0.1) is 5.21 Å². The van der Waals surface area contributed by atoms with Gasteiger partial charge >= 0.3 is 6.18 Å². The van der Waals surface area contributed by atoms with Crippen molar-refractivity contribution >= 4 is 26.8 Å². The molecule has 4 aromatic rings. The molecule has 0 spiro atoms. The van der Waals surface area contributed by atoms with Gasteiger partial charge in [0.1, 0.15) is 5.56 Å². The second kappa shape index (κ2) is 6.95. The van der Waals surface area contributed by atoms with Crippen molar-refractivity contribution < 1.29 is 17.9 Å². The molecule has 0 bridgehead atoms. The zero-order valence-corrected chi connectivity index (χ0v) is 16.0. The predicted octanol–water partition coefficient (Wildman–Crippen LogP) is 6.59. The van der Waals surface area contributed by atoms with Crippen molar-refractivity contribution in [3.05, 3.63) is 94.2 Å². The highest BCUT2D eigenvalue weighted by molar-refractivity contribution is 9.10. The maximum absolute atomic E-state index is 13.6. The summed E-state index contributed by atoms with van der Waals surface area (Å²) in [6.07, 6.45) is -3.41. The summed E-state index contributed by atoms with van der Waals surface area (Å²) < 4.78 is 41.8. The second-order valence-electron chi connectivity index (χ2n) is 6.32. The zero-order chi connectivity index (χ0) is 19.9. The molecule has 6 heteroatoms. The highest BCUT2D eigenvalue weighted by Crippen LogP contribution is 2.41. The third-order valence-electron chi connectivity index (χ3n) is 4.54. The number of alkyl halides is 3. The SMILES string of the molecule is [O-][n+]1cc(-c2ccccc2)c(-c2cccc(Br)c2)c2cccc(C(F)(F)F)c21. The van der Waals surface area contributed by atoms with Gasteiger partial charge in [-0.05, 0) is 35.4 Å². The lowest BCUT2D eigenvalue weighted by molar-refractivity contribution is -0.577. The molecule has 0 amide bonds. The second-order valence-corrected chi connectivity index (χ2v) is 7.24. The molecule has 0 aliphatic heterocycles. The lowest BCUT2D eigenvalue weighted by Gasteiger charge is -2.16. The molecule has 0 radical (unpaired) electrons. The molecule has 0 atom stereocenters. The van der Waals surface area contributed by atoms with E-state index in [0.717, 1.165) is 21.7 Å². The van der Waals surface area contributed by atoms with Crippen LogP contribution in [0.5, 0.6) is 0 Å². The first-order valence-corrected chi connectivity index (χ1v) is 9.23. The van der Waals surface area contributed by atoms with Gasteiger partial charge in [-0.25, -0.2) is 0 Å². The van der Waals surface area contributed by atoms with Gasteiger partial charge in [0.2, 0.25) is 5.52 Å². The molecule has 0 saturated heterocycles. The van der Waals surface area contributed by atoms with Crippen molar-refractivity contribution in [3.8, 4) is 22.3 Å². The minimum atomic E-state index is -4.63. The van der Waals surface area contributed by atoms with Crippen LogP contribution in [-0.2, 0) is 6.18 Å². The van der Waals surface area contributed by atoms with Gasteiger partial charge in [-0.1, -0.05) is 64.5 Å². The fourth-order valence-electron chi connectivity index (χ4n) is 3.39. The Morgan fingerprint density at radius 3 is 2.18 bits per heavy atom. The molecule has 0 aliphatic carbocycles. The first-order chi connectivity index (χ1) is 13.4. The molecular weight excluding hydrogens is 431 g/mol. The van der Waals surface area contributed by atoms with E-state index < -0.39 is 11.7 Å². The standard InChI is InChI=1S/C22H13BrF3NO/c23-16-9-4-8-15(12-16)20-17-10-5-11-19(22(24,25)26)21(17)27(28)13-18(20)14-6-2-1-3-7-14/h1-13H. The summed E-state index contributed by atoms with van der Waals surface area (Å²) >= 11 is 3.42. The van der Waals surface area contributed by atoms with Crippen molar-refractivity contribution in [2.24, 2.45) is 0 Å². The molecule has 28 heavy (non-hydrogen) atoms. The number of halogens is 4. The van der Waals surface area contributed by atoms with Crippen molar-refractivity contribution in [2.75, 3.05) is 0 Å². The Kier molecular flexibility index (Phi) is 4.59. The molecule has 0 unspecified atom stereocenters. The zero-order valence-electron chi connectivity index (χ0n) is 14.4. The Hall–Kier alpha value is -2.86. The number of aromatic nitrogens is 1. The van der Waals surface area contributed by atoms with E-state index >= 15 is 0 Å². The number of hydrogen-bond donors (Lipinski definition) is 0. The van der Waals surface area contributed by atoms with Gasteiger partial charge in [-0.15, -0.1) is 0 Å². The summed E-state index contributed by atoms with van der Waals surface area (Å²) in [4.78, 5) is 0. The van der Waals surface area contributed by atoms with E-state index in [9.17, 15) is 18.4 Å². The average molecular weight is 444 g/mol. The van der Waals surface area contributed by atoms with Crippen LogP contribution >= 0.6 is 15.9 Å². The largest absolute Gasteiger partial charge is 0.618 e. The molecule has 0 saturated carbocycles. The van der Waals surface area contributed by atoms with Gasteiger partial charge in [-0.2, -0.15) is 17.9 Å². The molecule has 0 fully saturated rings. The summed E-state index contributed by atoms with van der Waals surface area (Å²) in [5.41, 5.74) is 1.29. The Bertz CT molecular complexity index is 1170. The predicted molar refractivity (Wildman–Crippen MR) is 106 cm³/mol. The number of nitrogens with zero attached hydrogens (tertiary/aromatic N) is 1. The maximum Gasteiger partial charge on any atom is 0.422 e. The van der Waals surface area contributed by atoms with E-state index in [4.69, 9.17) is 0 Å². The van der Waals surface area contributed by atoms with Crippen LogP contribution < -0.4 is 4.73 Å². The molecule has 1 heterocycles. The summed E-state index contributed by atoms with van der Waals surface area (Å²) in [6, 6.07) is 20.3. The van der Waals surface area contributed by atoms with Crippen LogP contribution in [-0.4, -0.2) is 0 Å². The maximum atomic E-state index is 13.6. The molecule has 3 aromatic carbocycles. The molecule has 0 aliphatic rings. The van der Waals surface area contributed by atoms with Gasteiger partial charge in [0.25, 0.3) is 0 Å². The first-order valence-electron chi connectivity index (χ1n) is 8.44. The van der Waals surface area contributed by atoms with Crippen LogP contribution in [0.4, 0.5) is 13.2 Å². The average Bonchev–Trinajstić information content (AvgIpc) is 2.67. The Morgan fingerprint density at radius 2 is 1.50 bits per heavy atom. The van der Waals surface area contributed by atoms with E-state index in [2.05, 4.69) is 15.9 Å². The van der Waals surface area contributed by atoms with Crippen LogP contribution in [0.25, 0.3) is 33.2 Å². The molecule has 1 aromatic heterocycles. The van der Waals surface area contributed by atoms with Gasteiger partial charge in [-0.3, -0.25) is 0 Å². The molecular formula is C22H13BrF3NO. The van der Waals surface area contributed by atoms with Gasteiger partial charge < -0.3 is 5.21 Å². The van der Waals surface area contributed by atoms with Crippen molar-refractivity contribution in [3.63, 3.8) is 0 Å². The Labute approximate surface area is 167 Å². The van der Waals surface area contributed by atoms with Crippen molar-refractivity contribution in [2.45, 2.75) is 6.18 Å². The highest BCUT2D eigenvalue weighted by atomic mass is 79.9. The lowest BCUT2D eigenvalue weighted by Crippen LogP contribution is -2.30. The normalized spacial score (nSPS) is 11.7. The fourth-order valence-corrected chi connectivity index (χ4v) is 3.79. The summed E-state index contributed by atoms with van der Waals surface area (Å²) in [5.74, 6) is 0. The Balaban J connectivity index is 2.18. The topological polar surface area (TPSA) is 26.9 Å². The summed E-state index contributed by atoms with van der Waals surface area (Å²) in [5, 5.41) is 13.0. The van der Waals surface area contributed by atoms with E-state index in [1.807, 2.05) is 54.6 Å². The molecule has 4 rings (SSSR count). The van der Waals surface area contributed by atoms with Gasteiger partial charge in [0, 0.05) is 10.0 Å². The van der Waals surface area contributed by atoms with Gasteiger partial charge in [0.15, 0.2) is 6.20 Å². The number of benzene rings is 3. The smallest absolute Gasteiger partial charge is 0.422 e. The van der Waals surface area contributed by atoms with Crippen LogP contribution in [0.15, 0.2) is 83.5 Å². The molecule has 2 nitrogen and oxygen atoms in total. The third-order valence-corrected chi connectivity index (χ3v) is 5.04. The van der Waals surface area contributed by atoms with Crippen molar-refractivity contribution in [1.29, 1.82) is 0 Å². The Morgan fingerprint density at radius 1 is 0.821 bits per heavy atom. The minimum absolute atomic E-state index is 0.254. The number of hydrogen-bond acceptors (Lipinski definition) is 1. The third kappa shape index (κ3) is 3.24. The highest BCUT2D eigenvalue weighted by Gasteiger charge is 2.37. The van der Waals surface area contributed by atoms with Gasteiger partial charge in [0.05, 0.1) is 10.9 Å². The van der Waals surface area contributed by atoms with E-state index in [1.54, 1.807) is 6.07 Å². The quantitative estimate of drug-likeness (QED) is 0.253. The van der Waals surface area contributed by atoms with Crippen molar-refractivity contribution in [1.82, 2.24) is 0 Å². The van der Waals surface area contributed by atoms with E-state index in [-0.39, 0.29) is 10.9 Å². The number of fused-ring (bicyclic) bond motifs is 1. The van der Waals surface area contributed by atoms with Crippen LogP contribution in [0.1, 0.15) is 5.56 Å². The number of rotatable bonds is 2. The molecule has 140 valence electrons. The van der Waals surface area contributed by atoms with E-state index in [0.29, 0.717) is 15.9 Å². The number of para-hydroxylation sites is 1. The number of pyridine rings is 1.